The second kappa shape index (κ2) is 6.73. The van der Waals surface area contributed by atoms with Crippen molar-refractivity contribution in [3.63, 3.8) is 0 Å². The minimum absolute atomic E-state index is 0.0526. The summed E-state index contributed by atoms with van der Waals surface area (Å²) in [4.78, 5) is 11.7. The van der Waals surface area contributed by atoms with E-state index in [1.54, 1.807) is 6.07 Å². The van der Waals surface area contributed by atoms with Crippen molar-refractivity contribution in [1.29, 1.82) is 0 Å². The number of hydrogen-bond acceptors (Lipinski definition) is 3. The normalized spacial score (nSPS) is 22.5. The lowest BCUT2D eigenvalue weighted by atomic mass is 9.79. The quantitative estimate of drug-likeness (QED) is 0.679. The Bertz CT molecular complexity index is 468. The van der Waals surface area contributed by atoms with Gasteiger partial charge in [0.25, 0.3) is 0 Å². The molecule has 20 heavy (non-hydrogen) atoms. The fourth-order valence-corrected chi connectivity index (χ4v) is 2.93. The zero-order valence-corrected chi connectivity index (χ0v) is 11.9. The predicted molar refractivity (Wildman–Crippen MR) is 76.6 cm³/mol. The Morgan fingerprint density at radius 2 is 2.05 bits per heavy atom. The van der Waals surface area contributed by atoms with Crippen molar-refractivity contribution in [3.05, 3.63) is 29.6 Å². The van der Waals surface area contributed by atoms with Crippen LogP contribution < -0.4 is 5.73 Å². The summed E-state index contributed by atoms with van der Waals surface area (Å²) in [6.07, 6.45) is 4.62. The number of halogens is 1. The number of ether oxygens (including phenoxy) is 1. The monoisotopic (exact) mass is 279 g/mol. The molecule has 2 N–H and O–H groups in total. The highest BCUT2D eigenvalue weighted by atomic mass is 19.1. The first-order valence-corrected chi connectivity index (χ1v) is 7.30. The third kappa shape index (κ3) is 3.71. The standard InChI is InChI=1S/C16H22FNO2/c1-2-20-16(19)12-5-3-11(4-6-12)9-13-7-8-14(17)10-15(13)18/h7-8,10-12H,2-6,9,18H2,1H3. The molecule has 0 aliphatic heterocycles. The van der Waals surface area contributed by atoms with Gasteiger partial charge in [-0.2, -0.15) is 0 Å². The van der Waals surface area contributed by atoms with Gasteiger partial charge in [0.05, 0.1) is 12.5 Å². The van der Waals surface area contributed by atoms with Gasteiger partial charge >= 0.3 is 5.97 Å². The van der Waals surface area contributed by atoms with Crippen LogP contribution >= 0.6 is 0 Å². The van der Waals surface area contributed by atoms with E-state index in [0.717, 1.165) is 37.7 Å². The molecule has 110 valence electrons. The highest BCUT2D eigenvalue weighted by Crippen LogP contribution is 2.32. The van der Waals surface area contributed by atoms with Crippen LogP contribution in [0.4, 0.5) is 10.1 Å². The van der Waals surface area contributed by atoms with Crippen molar-refractivity contribution in [2.75, 3.05) is 12.3 Å². The van der Waals surface area contributed by atoms with Crippen LogP contribution in [0.3, 0.4) is 0 Å². The number of anilines is 1. The largest absolute Gasteiger partial charge is 0.466 e. The van der Waals surface area contributed by atoms with Crippen LogP contribution in [-0.2, 0) is 16.0 Å². The van der Waals surface area contributed by atoms with Gasteiger partial charge in [-0.15, -0.1) is 0 Å². The topological polar surface area (TPSA) is 52.3 Å². The Kier molecular flexibility index (Phi) is 4.99. The number of hydrogen-bond donors (Lipinski definition) is 1. The Morgan fingerprint density at radius 1 is 1.35 bits per heavy atom. The number of nitrogens with two attached hydrogens (primary N) is 1. The molecule has 1 aliphatic carbocycles. The van der Waals surface area contributed by atoms with Crippen LogP contribution in [0.2, 0.25) is 0 Å². The van der Waals surface area contributed by atoms with Crippen molar-refractivity contribution in [1.82, 2.24) is 0 Å². The van der Waals surface area contributed by atoms with Gasteiger partial charge in [-0.3, -0.25) is 4.79 Å². The van der Waals surface area contributed by atoms with Gasteiger partial charge in [0.2, 0.25) is 0 Å². The van der Waals surface area contributed by atoms with Crippen LogP contribution in [-0.4, -0.2) is 12.6 Å². The zero-order valence-electron chi connectivity index (χ0n) is 11.9. The number of rotatable bonds is 4. The lowest BCUT2D eigenvalue weighted by Crippen LogP contribution is -2.24. The third-order valence-electron chi connectivity index (χ3n) is 4.08. The molecule has 0 heterocycles. The number of carbonyl (C=O) groups excluding carboxylic acids is 1. The van der Waals surface area contributed by atoms with Crippen molar-refractivity contribution in [2.45, 2.75) is 39.0 Å². The molecule has 0 atom stereocenters. The van der Waals surface area contributed by atoms with Gasteiger partial charge in [-0.1, -0.05) is 6.07 Å². The van der Waals surface area contributed by atoms with E-state index in [1.165, 1.54) is 12.1 Å². The van der Waals surface area contributed by atoms with Gasteiger partial charge in [-0.25, -0.2) is 4.39 Å². The summed E-state index contributed by atoms with van der Waals surface area (Å²) in [6, 6.07) is 4.59. The van der Waals surface area contributed by atoms with E-state index in [9.17, 15) is 9.18 Å². The summed E-state index contributed by atoms with van der Waals surface area (Å²) in [5, 5.41) is 0. The average Bonchev–Trinajstić information content (AvgIpc) is 2.43. The molecule has 1 saturated carbocycles. The zero-order chi connectivity index (χ0) is 14.5. The van der Waals surface area contributed by atoms with Gasteiger partial charge in [0.1, 0.15) is 5.82 Å². The first-order valence-electron chi connectivity index (χ1n) is 7.30. The number of benzene rings is 1. The van der Waals surface area contributed by atoms with Crippen LogP contribution in [0.25, 0.3) is 0 Å². The molecular weight excluding hydrogens is 257 g/mol. The van der Waals surface area contributed by atoms with Crippen LogP contribution in [0.15, 0.2) is 18.2 Å². The van der Waals surface area contributed by atoms with Crippen molar-refractivity contribution in [2.24, 2.45) is 11.8 Å². The summed E-state index contributed by atoms with van der Waals surface area (Å²) >= 11 is 0. The van der Waals surface area contributed by atoms with E-state index in [4.69, 9.17) is 10.5 Å². The predicted octanol–water partition coefficient (Wildman–Crippen LogP) is 3.32. The molecule has 1 fully saturated rings. The van der Waals surface area contributed by atoms with Gasteiger partial charge < -0.3 is 10.5 Å². The van der Waals surface area contributed by atoms with Crippen LogP contribution in [0.5, 0.6) is 0 Å². The first kappa shape index (κ1) is 14.8. The maximum absolute atomic E-state index is 13.0. The molecule has 3 nitrogen and oxygen atoms in total. The lowest BCUT2D eigenvalue weighted by Gasteiger charge is -2.27. The minimum atomic E-state index is -0.294. The SMILES string of the molecule is CCOC(=O)C1CCC(Cc2ccc(F)cc2N)CC1. The summed E-state index contributed by atoms with van der Waals surface area (Å²) in [6.45, 7) is 2.28. The lowest BCUT2D eigenvalue weighted by molar-refractivity contribution is -0.149. The Morgan fingerprint density at radius 3 is 2.65 bits per heavy atom. The second-order valence-electron chi connectivity index (χ2n) is 5.52. The number of carbonyl (C=O) groups is 1. The molecule has 2 rings (SSSR count). The summed E-state index contributed by atoms with van der Waals surface area (Å²) in [5.41, 5.74) is 7.37. The molecule has 0 aromatic heterocycles. The van der Waals surface area contributed by atoms with E-state index >= 15 is 0 Å². The molecule has 4 heteroatoms. The van der Waals surface area contributed by atoms with Gasteiger partial charge in [0.15, 0.2) is 0 Å². The van der Waals surface area contributed by atoms with Gasteiger partial charge in [0, 0.05) is 5.69 Å². The Hall–Kier alpha value is -1.58. The van der Waals surface area contributed by atoms with Crippen LogP contribution in [0, 0.1) is 17.7 Å². The fourth-order valence-electron chi connectivity index (χ4n) is 2.93. The van der Waals surface area contributed by atoms with E-state index in [1.807, 2.05) is 6.92 Å². The van der Waals surface area contributed by atoms with E-state index < -0.39 is 0 Å². The molecule has 0 saturated heterocycles. The molecule has 1 aromatic rings. The highest BCUT2D eigenvalue weighted by molar-refractivity contribution is 5.72. The average molecular weight is 279 g/mol. The second-order valence-corrected chi connectivity index (χ2v) is 5.52. The molecule has 0 radical (unpaired) electrons. The Balaban J connectivity index is 1.86. The van der Waals surface area contributed by atoms with E-state index in [2.05, 4.69) is 0 Å². The third-order valence-corrected chi connectivity index (χ3v) is 4.08. The van der Waals surface area contributed by atoms with Crippen LogP contribution in [0.1, 0.15) is 38.2 Å². The number of esters is 1. The number of nitrogen functional groups attached to an aromatic ring is 1. The maximum Gasteiger partial charge on any atom is 0.308 e. The molecule has 0 bridgehead atoms. The molecular formula is C16H22FNO2. The molecule has 0 amide bonds. The van der Waals surface area contributed by atoms with Crippen molar-refractivity contribution >= 4 is 11.7 Å². The molecule has 0 spiro atoms. The molecule has 0 unspecified atom stereocenters. The van der Waals surface area contributed by atoms with E-state index in [0.29, 0.717) is 18.2 Å². The summed E-state index contributed by atoms with van der Waals surface area (Å²) < 4.78 is 18.1. The molecule has 1 aliphatic rings. The maximum atomic E-state index is 13.0. The minimum Gasteiger partial charge on any atom is -0.466 e. The fraction of sp³-hybridized carbons (Fsp3) is 0.562. The smallest absolute Gasteiger partial charge is 0.308 e. The van der Waals surface area contributed by atoms with E-state index in [-0.39, 0.29) is 17.7 Å². The van der Waals surface area contributed by atoms with Crippen molar-refractivity contribution in [3.8, 4) is 0 Å². The summed E-state index contributed by atoms with van der Waals surface area (Å²) in [5.74, 6) is 0.217. The first-order chi connectivity index (χ1) is 9.60. The molecule has 1 aromatic carbocycles. The highest BCUT2D eigenvalue weighted by Gasteiger charge is 2.27. The summed E-state index contributed by atoms with van der Waals surface area (Å²) in [7, 11) is 0. The van der Waals surface area contributed by atoms with Gasteiger partial charge in [-0.05, 0) is 62.6 Å². The van der Waals surface area contributed by atoms with Crippen molar-refractivity contribution < 1.29 is 13.9 Å². The Labute approximate surface area is 119 Å².